The molecule has 1 fully saturated rings. The molecule has 1 saturated heterocycles. The third kappa shape index (κ3) is 5.49. The van der Waals surface area contributed by atoms with Gasteiger partial charge in [-0.15, -0.1) is 0 Å². The highest BCUT2D eigenvalue weighted by Gasteiger charge is 2.30. The van der Waals surface area contributed by atoms with Crippen LogP contribution in [-0.4, -0.2) is 55.9 Å². The van der Waals surface area contributed by atoms with E-state index in [1.807, 2.05) is 23.1 Å². The number of hydrogen-bond acceptors (Lipinski definition) is 7. The van der Waals surface area contributed by atoms with E-state index in [1.165, 1.54) is 0 Å². The maximum absolute atomic E-state index is 12.8. The Morgan fingerprint density at radius 1 is 1.28 bits per heavy atom. The first-order valence-electron chi connectivity index (χ1n) is 12.1. The van der Waals surface area contributed by atoms with Gasteiger partial charge in [0, 0.05) is 39.4 Å². The third-order valence-corrected chi connectivity index (χ3v) is 6.92. The fourth-order valence-corrected chi connectivity index (χ4v) is 4.87. The van der Waals surface area contributed by atoms with Crippen LogP contribution in [0.1, 0.15) is 33.6 Å². The molecule has 3 heterocycles. The van der Waals surface area contributed by atoms with E-state index in [0.29, 0.717) is 47.9 Å². The maximum Gasteiger partial charge on any atom is 0.328 e. The van der Waals surface area contributed by atoms with Crippen molar-refractivity contribution in [3.8, 4) is 0 Å². The highest BCUT2D eigenvalue weighted by molar-refractivity contribution is 6.32. The van der Waals surface area contributed by atoms with Crippen LogP contribution in [-0.2, 0) is 18.4 Å². The van der Waals surface area contributed by atoms with E-state index in [0.717, 1.165) is 24.0 Å². The number of fused-ring (bicyclic) bond motifs is 1. The minimum atomic E-state index is -0.884. The summed E-state index contributed by atoms with van der Waals surface area (Å²) in [5.41, 5.74) is 1.23. The van der Waals surface area contributed by atoms with E-state index in [1.54, 1.807) is 43.3 Å². The van der Waals surface area contributed by atoms with Crippen LogP contribution in [0.5, 0.6) is 0 Å². The minimum Gasteiger partial charge on any atom is -0.390 e. The Kier molecular flexibility index (Phi) is 7.28. The van der Waals surface area contributed by atoms with Crippen LogP contribution in [0.15, 0.2) is 29.2 Å². The normalized spacial score (nSPS) is 18.5. The molecule has 10 nitrogen and oxygen atoms in total. The van der Waals surface area contributed by atoms with Gasteiger partial charge in [-0.05, 0) is 50.8 Å². The summed E-state index contributed by atoms with van der Waals surface area (Å²) in [7, 11) is 3.39. The molecule has 1 aliphatic heterocycles. The number of piperidine rings is 1. The van der Waals surface area contributed by atoms with Gasteiger partial charge in [0.1, 0.15) is 5.02 Å². The molecule has 3 N–H and O–H groups in total. The van der Waals surface area contributed by atoms with Crippen LogP contribution >= 0.6 is 11.6 Å². The van der Waals surface area contributed by atoms with Crippen molar-refractivity contribution in [2.75, 3.05) is 30.4 Å². The summed E-state index contributed by atoms with van der Waals surface area (Å²) < 4.78 is 3.26. The summed E-state index contributed by atoms with van der Waals surface area (Å²) in [6.45, 7) is 7.24. The molecule has 1 aromatic carbocycles. The Hall–Kier alpha value is -3.11. The smallest absolute Gasteiger partial charge is 0.328 e. The van der Waals surface area contributed by atoms with Gasteiger partial charge in [0.25, 0.3) is 0 Å². The Bertz CT molecular complexity index is 1330. The van der Waals surface area contributed by atoms with Crippen molar-refractivity contribution in [1.82, 2.24) is 24.4 Å². The molecule has 2 atom stereocenters. The second kappa shape index (κ2) is 10.1. The van der Waals surface area contributed by atoms with E-state index in [4.69, 9.17) is 11.6 Å². The number of nitrogens with one attached hydrogen (secondary N) is 2. The van der Waals surface area contributed by atoms with Crippen LogP contribution < -0.4 is 21.2 Å². The standard InChI is InChI=1S/C25H34ClN7O3/c1-15-10-16(22(34)27-4)14-32(13-15)23-28-12-18(26)21(30-23)29-17-6-7-19-20(11-17)33(24(35)31(19)5)9-8-25(2,3)36/h6-7,11-12,15-16,36H,8-10,13-14H2,1-5H3,(H,27,34)(H,28,29,30)/t15-,16-/m1/s1. The fraction of sp³-hybridized carbons (Fsp3) is 0.520. The van der Waals surface area contributed by atoms with Crippen molar-refractivity contribution in [3.05, 3.63) is 39.9 Å². The summed E-state index contributed by atoms with van der Waals surface area (Å²) in [5.74, 6) is 1.15. The lowest BCUT2D eigenvalue weighted by Crippen LogP contribution is -2.46. The number of imidazole rings is 1. The van der Waals surface area contributed by atoms with E-state index >= 15 is 0 Å². The first-order valence-corrected chi connectivity index (χ1v) is 12.5. The van der Waals surface area contributed by atoms with Crippen LogP contribution in [0.2, 0.25) is 5.02 Å². The number of carbonyl (C=O) groups excluding carboxylic acids is 1. The lowest BCUT2D eigenvalue weighted by atomic mass is 9.90. The van der Waals surface area contributed by atoms with Crippen molar-refractivity contribution in [3.63, 3.8) is 0 Å². The first-order chi connectivity index (χ1) is 17.0. The van der Waals surface area contributed by atoms with Gasteiger partial charge in [0.2, 0.25) is 11.9 Å². The molecule has 2 aromatic heterocycles. The summed E-state index contributed by atoms with van der Waals surface area (Å²) >= 11 is 6.44. The summed E-state index contributed by atoms with van der Waals surface area (Å²) in [6, 6.07) is 5.62. The Morgan fingerprint density at radius 3 is 2.72 bits per heavy atom. The number of anilines is 3. The second-order valence-electron chi connectivity index (χ2n) is 10.3. The molecule has 11 heteroatoms. The quantitative estimate of drug-likeness (QED) is 0.443. The number of rotatable bonds is 7. The van der Waals surface area contributed by atoms with Gasteiger partial charge < -0.3 is 20.6 Å². The number of nitrogens with zero attached hydrogens (tertiary/aromatic N) is 5. The van der Waals surface area contributed by atoms with E-state index in [-0.39, 0.29) is 17.5 Å². The SMILES string of the molecule is CNC(=O)[C@@H]1C[C@@H](C)CN(c2ncc(Cl)c(Nc3ccc4c(c3)n(CCC(C)(C)O)c(=O)n4C)n2)C1. The lowest BCUT2D eigenvalue weighted by molar-refractivity contribution is -0.125. The molecule has 0 aliphatic carbocycles. The highest BCUT2D eigenvalue weighted by Crippen LogP contribution is 2.30. The van der Waals surface area contributed by atoms with Gasteiger partial charge in [-0.1, -0.05) is 18.5 Å². The number of benzene rings is 1. The van der Waals surface area contributed by atoms with Crippen LogP contribution in [0, 0.1) is 11.8 Å². The molecule has 3 aromatic rings. The summed E-state index contributed by atoms with van der Waals surface area (Å²) in [4.78, 5) is 36.2. The van der Waals surface area contributed by atoms with Gasteiger partial charge in [-0.2, -0.15) is 4.98 Å². The van der Waals surface area contributed by atoms with Crippen molar-refractivity contribution < 1.29 is 9.90 Å². The molecule has 1 aliphatic rings. The van der Waals surface area contributed by atoms with Crippen molar-refractivity contribution in [2.24, 2.45) is 18.9 Å². The zero-order valence-corrected chi connectivity index (χ0v) is 22.1. The molecule has 1 amide bonds. The van der Waals surface area contributed by atoms with Gasteiger partial charge in [0.05, 0.1) is 28.7 Å². The number of aryl methyl sites for hydroxylation is 2. The van der Waals surface area contributed by atoms with Gasteiger partial charge in [0.15, 0.2) is 5.82 Å². The molecular weight excluding hydrogens is 482 g/mol. The summed E-state index contributed by atoms with van der Waals surface area (Å²) in [6.07, 6.45) is 2.82. The zero-order valence-electron chi connectivity index (χ0n) is 21.4. The number of aliphatic hydroxyl groups is 1. The van der Waals surface area contributed by atoms with Crippen molar-refractivity contribution in [2.45, 2.75) is 45.8 Å². The number of halogens is 1. The molecule has 36 heavy (non-hydrogen) atoms. The zero-order chi connectivity index (χ0) is 26.2. The van der Waals surface area contributed by atoms with E-state index in [9.17, 15) is 14.7 Å². The monoisotopic (exact) mass is 515 g/mol. The maximum atomic E-state index is 12.8. The first kappa shape index (κ1) is 26.0. The predicted molar refractivity (Wildman–Crippen MR) is 142 cm³/mol. The Balaban J connectivity index is 1.62. The highest BCUT2D eigenvalue weighted by atomic mass is 35.5. The Labute approximate surface area is 215 Å². The average Bonchev–Trinajstić information content (AvgIpc) is 3.06. The topological polar surface area (TPSA) is 117 Å². The third-order valence-electron chi connectivity index (χ3n) is 6.65. The summed E-state index contributed by atoms with van der Waals surface area (Å²) in [5, 5.41) is 16.5. The molecule has 0 spiro atoms. The Morgan fingerprint density at radius 2 is 2.03 bits per heavy atom. The molecule has 4 rings (SSSR count). The van der Waals surface area contributed by atoms with Gasteiger partial charge in [-0.25, -0.2) is 9.78 Å². The van der Waals surface area contributed by atoms with Crippen molar-refractivity contribution in [1.29, 1.82) is 0 Å². The lowest BCUT2D eigenvalue weighted by Gasteiger charge is -2.35. The number of aromatic nitrogens is 4. The van der Waals surface area contributed by atoms with Crippen LogP contribution in [0.25, 0.3) is 11.0 Å². The molecule has 0 unspecified atom stereocenters. The largest absolute Gasteiger partial charge is 0.390 e. The fourth-order valence-electron chi connectivity index (χ4n) is 4.73. The predicted octanol–water partition coefficient (Wildman–Crippen LogP) is 2.90. The second-order valence-corrected chi connectivity index (χ2v) is 10.7. The van der Waals surface area contributed by atoms with E-state index < -0.39 is 5.60 Å². The molecule has 0 saturated carbocycles. The average molecular weight is 516 g/mol. The van der Waals surface area contributed by atoms with Crippen molar-refractivity contribution >= 4 is 46.0 Å². The molecular formula is C25H34ClN7O3. The number of hydrogen-bond donors (Lipinski definition) is 3. The molecule has 0 radical (unpaired) electrons. The van der Waals surface area contributed by atoms with E-state index in [2.05, 4.69) is 27.5 Å². The minimum absolute atomic E-state index is 0.0191. The number of amides is 1. The van der Waals surface area contributed by atoms with Gasteiger partial charge in [-0.3, -0.25) is 13.9 Å². The molecule has 194 valence electrons. The number of carbonyl (C=O) groups is 1. The van der Waals surface area contributed by atoms with Gasteiger partial charge >= 0.3 is 5.69 Å². The molecule has 0 bridgehead atoms. The van der Waals surface area contributed by atoms with Crippen LogP contribution in [0.3, 0.4) is 0 Å². The van der Waals surface area contributed by atoms with Crippen LogP contribution in [0.4, 0.5) is 17.5 Å².